The van der Waals surface area contributed by atoms with Gasteiger partial charge in [-0.3, -0.25) is 9.36 Å². The van der Waals surface area contributed by atoms with Crippen molar-refractivity contribution in [2.45, 2.75) is 0 Å². The Morgan fingerprint density at radius 3 is 2.50 bits per heavy atom. The second-order valence-electron chi connectivity index (χ2n) is 4.43. The maximum atomic E-state index is 12.0. The Morgan fingerprint density at radius 1 is 0.950 bits per heavy atom. The van der Waals surface area contributed by atoms with E-state index in [-0.39, 0.29) is 11.1 Å². The normalized spacial score (nSPS) is 10.6. The van der Waals surface area contributed by atoms with Crippen LogP contribution in [0.1, 0.15) is 10.4 Å². The van der Waals surface area contributed by atoms with Gasteiger partial charge in [0.1, 0.15) is 0 Å². The molecule has 0 aliphatic rings. The van der Waals surface area contributed by atoms with Gasteiger partial charge in [0.25, 0.3) is 5.56 Å². The van der Waals surface area contributed by atoms with Gasteiger partial charge >= 0.3 is 5.97 Å². The Kier molecular flexibility index (Phi) is 2.84. The molecule has 0 atom stereocenters. The molecule has 0 saturated carbocycles. The van der Waals surface area contributed by atoms with E-state index < -0.39 is 5.97 Å². The van der Waals surface area contributed by atoms with E-state index in [1.54, 1.807) is 6.07 Å². The summed E-state index contributed by atoms with van der Waals surface area (Å²) in [6, 6.07) is 15.8. The molecule has 20 heavy (non-hydrogen) atoms. The maximum absolute atomic E-state index is 12.0. The van der Waals surface area contributed by atoms with Gasteiger partial charge in [-0.05, 0) is 17.5 Å². The molecule has 0 radical (unpaired) electrons. The van der Waals surface area contributed by atoms with Gasteiger partial charge in [0.05, 0.1) is 11.3 Å². The summed E-state index contributed by atoms with van der Waals surface area (Å²) in [6.07, 6.45) is 1.35. The molecular weight excluding hydrogens is 254 g/mol. The number of aromatic carboxylic acids is 1. The number of carbonyl (C=O) groups is 1. The number of aromatic nitrogens is 1. The van der Waals surface area contributed by atoms with E-state index in [2.05, 4.69) is 0 Å². The molecule has 3 aromatic rings. The predicted octanol–water partition coefficient (Wildman–Crippen LogP) is 2.69. The average Bonchev–Trinajstić information content (AvgIpc) is 2.47. The zero-order chi connectivity index (χ0) is 14.1. The van der Waals surface area contributed by atoms with Crippen LogP contribution in [0.2, 0.25) is 0 Å². The molecule has 0 aliphatic heterocycles. The molecule has 4 heteroatoms. The van der Waals surface area contributed by atoms with Crippen molar-refractivity contribution >= 4 is 16.7 Å². The molecular formula is C16H11NO3. The largest absolute Gasteiger partial charge is 0.478 e. The fourth-order valence-corrected chi connectivity index (χ4v) is 2.22. The van der Waals surface area contributed by atoms with Crippen molar-refractivity contribution in [2.24, 2.45) is 0 Å². The van der Waals surface area contributed by atoms with Crippen LogP contribution in [0, 0.1) is 0 Å². The summed E-state index contributed by atoms with van der Waals surface area (Å²) in [5.41, 5.74) is 0.500. The van der Waals surface area contributed by atoms with Crippen LogP contribution in [0.25, 0.3) is 16.5 Å². The Morgan fingerprint density at radius 2 is 1.70 bits per heavy atom. The molecule has 4 nitrogen and oxygen atoms in total. The third-order valence-corrected chi connectivity index (χ3v) is 3.18. The summed E-state index contributed by atoms with van der Waals surface area (Å²) < 4.78 is 1.37. The monoisotopic (exact) mass is 265 g/mol. The Balaban J connectivity index is 2.33. The fraction of sp³-hybridized carbons (Fsp3) is 0. The molecule has 1 heterocycles. The standard InChI is InChI=1S/C16H11NO3/c18-15-9-8-12(16(19)20)10-17(15)14-7-3-5-11-4-1-2-6-13(11)14/h1-10H,(H,19,20). The molecule has 0 aliphatic carbocycles. The molecule has 0 amide bonds. The summed E-state index contributed by atoms with van der Waals surface area (Å²) in [5, 5.41) is 10.9. The summed E-state index contributed by atoms with van der Waals surface area (Å²) in [5.74, 6) is -1.06. The lowest BCUT2D eigenvalue weighted by atomic mass is 10.1. The van der Waals surface area contributed by atoms with E-state index in [1.165, 1.54) is 22.9 Å². The highest BCUT2D eigenvalue weighted by atomic mass is 16.4. The number of carboxylic acids is 1. The van der Waals surface area contributed by atoms with Gasteiger partial charge in [-0.2, -0.15) is 0 Å². The van der Waals surface area contributed by atoms with Crippen LogP contribution < -0.4 is 5.56 Å². The Hall–Kier alpha value is -2.88. The molecule has 0 bridgehead atoms. The van der Waals surface area contributed by atoms with Crippen molar-refractivity contribution in [1.82, 2.24) is 4.57 Å². The third kappa shape index (κ3) is 1.97. The minimum absolute atomic E-state index is 0.0811. The topological polar surface area (TPSA) is 59.3 Å². The minimum atomic E-state index is -1.06. The van der Waals surface area contributed by atoms with Crippen molar-refractivity contribution in [3.63, 3.8) is 0 Å². The number of fused-ring (bicyclic) bond motifs is 1. The number of rotatable bonds is 2. The first-order chi connectivity index (χ1) is 9.66. The van der Waals surface area contributed by atoms with Crippen LogP contribution in [0.4, 0.5) is 0 Å². The highest BCUT2D eigenvalue weighted by molar-refractivity contribution is 5.91. The van der Waals surface area contributed by atoms with Crippen molar-refractivity contribution < 1.29 is 9.90 Å². The lowest BCUT2D eigenvalue weighted by Gasteiger charge is -2.10. The number of pyridine rings is 1. The Bertz CT molecular complexity index is 859. The van der Waals surface area contributed by atoms with E-state index >= 15 is 0 Å². The van der Waals surface area contributed by atoms with E-state index in [0.29, 0.717) is 5.69 Å². The van der Waals surface area contributed by atoms with Crippen molar-refractivity contribution in [2.75, 3.05) is 0 Å². The van der Waals surface area contributed by atoms with Crippen molar-refractivity contribution in [3.05, 3.63) is 76.7 Å². The zero-order valence-electron chi connectivity index (χ0n) is 10.5. The summed E-state index contributed by atoms with van der Waals surface area (Å²) >= 11 is 0. The molecule has 2 aromatic carbocycles. The molecule has 1 N–H and O–H groups in total. The van der Waals surface area contributed by atoms with Crippen LogP contribution in [0.5, 0.6) is 0 Å². The summed E-state index contributed by atoms with van der Waals surface area (Å²) in [4.78, 5) is 23.1. The zero-order valence-corrected chi connectivity index (χ0v) is 10.5. The van der Waals surface area contributed by atoms with Crippen molar-refractivity contribution in [3.8, 4) is 5.69 Å². The van der Waals surface area contributed by atoms with Gasteiger partial charge in [0, 0.05) is 17.6 Å². The quantitative estimate of drug-likeness (QED) is 0.775. The van der Waals surface area contributed by atoms with E-state index in [1.807, 2.05) is 36.4 Å². The average molecular weight is 265 g/mol. The SMILES string of the molecule is O=C(O)c1ccc(=O)n(-c2cccc3ccccc23)c1. The summed E-state index contributed by atoms with van der Waals surface area (Å²) in [7, 11) is 0. The van der Waals surface area contributed by atoms with Gasteiger partial charge in [-0.1, -0.05) is 36.4 Å². The second-order valence-corrected chi connectivity index (χ2v) is 4.43. The first-order valence-electron chi connectivity index (χ1n) is 6.11. The van der Waals surface area contributed by atoms with Gasteiger partial charge in [0.15, 0.2) is 0 Å². The fourth-order valence-electron chi connectivity index (χ4n) is 2.22. The first kappa shape index (κ1) is 12.2. The number of nitrogens with zero attached hydrogens (tertiary/aromatic N) is 1. The minimum Gasteiger partial charge on any atom is -0.478 e. The number of carboxylic acid groups (broad SMARTS) is 1. The van der Waals surface area contributed by atoms with Gasteiger partial charge < -0.3 is 5.11 Å². The van der Waals surface area contributed by atoms with Crippen LogP contribution in [0.15, 0.2) is 65.6 Å². The second kappa shape index (κ2) is 4.66. The molecule has 1 aromatic heterocycles. The van der Waals surface area contributed by atoms with Crippen LogP contribution in [-0.4, -0.2) is 15.6 Å². The number of hydrogen-bond acceptors (Lipinski definition) is 2. The Labute approximate surface area is 114 Å². The van der Waals surface area contributed by atoms with Crippen molar-refractivity contribution in [1.29, 1.82) is 0 Å². The molecule has 0 saturated heterocycles. The summed E-state index contributed by atoms with van der Waals surface area (Å²) in [6.45, 7) is 0. The highest BCUT2D eigenvalue weighted by Crippen LogP contribution is 2.21. The van der Waals surface area contributed by atoms with Crippen LogP contribution in [0.3, 0.4) is 0 Å². The van der Waals surface area contributed by atoms with E-state index in [4.69, 9.17) is 5.11 Å². The maximum Gasteiger partial charge on any atom is 0.337 e. The number of benzene rings is 2. The third-order valence-electron chi connectivity index (χ3n) is 3.18. The first-order valence-corrected chi connectivity index (χ1v) is 6.11. The van der Waals surface area contributed by atoms with Crippen LogP contribution in [-0.2, 0) is 0 Å². The van der Waals surface area contributed by atoms with Gasteiger partial charge in [-0.25, -0.2) is 4.79 Å². The smallest absolute Gasteiger partial charge is 0.337 e. The molecule has 0 fully saturated rings. The lowest BCUT2D eigenvalue weighted by molar-refractivity contribution is 0.0696. The van der Waals surface area contributed by atoms with E-state index in [9.17, 15) is 9.59 Å². The molecule has 3 rings (SSSR count). The lowest BCUT2D eigenvalue weighted by Crippen LogP contribution is -2.18. The van der Waals surface area contributed by atoms with Gasteiger partial charge in [-0.15, -0.1) is 0 Å². The molecule has 98 valence electrons. The predicted molar refractivity (Wildman–Crippen MR) is 76.5 cm³/mol. The van der Waals surface area contributed by atoms with E-state index in [0.717, 1.165) is 10.8 Å². The highest BCUT2D eigenvalue weighted by Gasteiger charge is 2.08. The number of hydrogen-bond donors (Lipinski definition) is 1. The van der Waals surface area contributed by atoms with Crippen LogP contribution >= 0.6 is 0 Å². The molecule has 0 spiro atoms. The van der Waals surface area contributed by atoms with Gasteiger partial charge in [0.2, 0.25) is 0 Å². The molecule has 0 unspecified atom stereocenters.